The fourth-order valence-electron chi connectivity index (χ4n) is 3.45. The van der Waals surface area contributed by atoms with Crippen molar-refractivity contribution in [1.82, 2.24) is 24.7 Å². The van der Waals surface area contributed by atoms with Crippen molar-refractivity contribution in [3.05, 3.63) is 41.3 Å². The van der Waals surface area contributed by atoms with Crippen LogP contribution in [0.5, 0.6) is 5.75 Å². The summed E-state index contributed by atoms with van der Waals surface area (Å²) in [5.74, 6) is 0.606. The van der Waals surface area contributed by atoms with Crippen LogP contribution in [0.3, 0.4) is 0 Å². The molecule has 3 aromatic rings. The number of carbonyl (C=O) groups excluding carboxylic acids is 1. The number of rotatable bonds is 5. The summed E-state index contributed by atoms with van der Waals surface area (Å²) in [4.78, 5) is 14.6. The van der Waals surface area contributed by atoms with E-state index in [1.54, 1.807) is 23.6 Å². The van der Waals surface area contributed by atoms with Crippen molar-refractivity contribution < 1.29 is 19.0 Å². The lowest BCUT2D eigenvalue weighted by atomic mass is 10.1. The van der Waals surface area contributed by atoms with Crippen molar-refractivity contribution in [1.29, 1.82) is 0 Å². The number of benzene rings is 1. The molecule has 4 rings (SSSR count). The molecule has 0 atom stereocenters. The van der Waals surface area contributed by atoms with Crippen LogP contribution in [0.15, 0.2) is 24.3 Å². The molecule has 0 saturated carbocycles. The molecule has 152 valence electrons. The standard InChI is InChI=1S/C20H23N5O4/c1-13-18(20(26)24-8-10-29-11-9-24)21-22-19-17(16(12-27-2)23-25(13)19)14-4-6-15(28-3)7-5-14/h4-7H,8-12H2,1-3H3. The number of carbonyl (C=O) groups is 1. The Kier molecular flexibility index (Phi) is 5.41. The number of fused-ring (bicyclic) bond motifs is 1. The van der Waals surface area contributed by atoms with E-state index in [1.807, 2.05) is 31.2 Å². The summed E-state index contributed by atoms with van der Waals surface area (Å²) < 4.78 is 17.6. The van der Waals surface area contributed by atoms with Crippen molar-refractivity contribution in [2.75, 3.05) is 40.5 Å². The summed E-state index contributed by atoms with van der Waals surface area (Å²) in [6.07, 6.45) is 0. The Morgan fingerprint density at radius 1 is 1.14 bits per heavy atom. The summed E-state index contributed by atoms with van der Waals surface area (Å²) in [5, 5.41) is 13.3. The number of amides is 1. The van der Waals surface area contributed by atoms with Gasteiger partial charge >= 0.3 is 0 Å². The summed E-state index contributed by atoms with van der Waals surface area (Å²) in [6.45, 7) is 4.30. The van der Waals surface area contributed by atoms with Gasteiger partial charge in [-0.05, 0) is 24.6 Å². The van der Waals surface area contributed by atoms with Crippen molar-refractivity contribution in [3.63, 3.8) is 0 Å². The van der Waals surface area contributed by atoms with Gasteiger partial charge < -0.3 is 19.1 Å². The lowest BCUT2D eigenvalue weighted by Crippen LogP contribution is -2.41. The van der Waals surface area contributed by atoms with E-state index in [0.29, 0.717) is 49.9 Å². The average molecular weight is 397 g/mol. The molecule has 0 unspecified atom stereocenters. The third-order valence-electron chi connectivity index (χ3n) is 5.00. The maximum Gasteiger partial charge on any atom is 0.276 e. The SMILES string of the molecule is COCc1nn2c(C)c(C(=O)N3CCOCC3)nnc2c1-c1ccc(OC)cc1. The van der Waals surface area contributed by atoms with Gasteiger partial charge in [-0.25, -0.2) is 4.52 Å². The lowest BCUT2D eigenvalue weighted by Gasteiger charge is -2.26. The van der Waals surface area contributed by atoms with Crippen LogP contribution in [0.1, 0.15) is 21.9 Å². The Morgan fingerprint density at radius 3 is 2.52 bits per heavy atom. The van der Waals surface area contributed by atoms with Crippen LogP contribution < -0.4 is 4.74 Å². The van der Waals surface area contributed by atoms with Crippen molar-refractivity contribution in [2.45, 2.75) is 13.5 Å². The first-order chi connectivity index (χ1) is 14.1. The molecule has 2 aromatic heterocycles. The molecule has 0 spiro atoms. The van der Waals surface area contributed by atoms with E-state index >= 15 is 0 Å². The normalized spacial score (nSPS) is 14.4. The summed E-state index contributed by atoms with van der Waals surface area (Å²) in [6, 6.07) is 7.65. The third-order valence-corrected chi connectivity index (χ3v) is 5.00. The molecule has 0 bridgehead atoms. The minimum absolute atomic E-state index is 0.157. The number of aryl methyl sites for hydroxylation is 1. The Hall–Kier alpha value is -3.04. The molecule has 0 radical (unpaired) electrons. The molecule has 1 aliphatic rings. The maximum atomic E-state index is 12.9. The molecule has 3 heterocycles. The molecule has 1 aliphatic heterocycles. The zero-order valence-electron chi connectivity index (χ0n) is 16.7. The summed E-state index contributed by atoms with van der Waals surface area (Å²) in [7, 11) is 3.25. The minimum Gasteiger partial charge on any atom is -0.497 e. The second-order valence-electron chi connectivity index (χ2n) is 6.76. The molecule has 29 heavy (non-hydrogen) atoms. The highest BCUT2D eigenvalue weighted by Crippen LogP contribution is 2.30. The topological polar surface area (TPSA) is 91.1 Å². The number of hydrogen-bond acceptors (Lipinski definition) is 7. The Morgan fingerprint density at radius 2 is 1.86 bits per heavy atom. The van der Waals surface area contributed by atoms with Crippen LogP contribution >= 0.6 is 0 Å². The number of ether oxygens (including phenoxy) is 3. The maximum absolute atomic E-state index is 12.9. The van der Waals surface area contributed by atoms with Gasteiger partial charge in [-0.2, -0.15) is 5.10 Å². The summed E-state index contributed by atoms with van der Waals surface area (Å²) in [5.41, 5.74) is 4.00. The second kappa shape index (κ2) is 8.14. The summed E-state index contributed by atoms with van der Waals surface area (Å²) >= 11 is 0. The third kappa shape index (κ3) is 3.54. The van der Waals surface area contributed by atoms with E-state index in [2.05, 4.69) is 15.3 Å². The molecular formula is C20H23N5O4. The highest BCUT2D eigenvalue weighted by Gasteiger charge is 2.25. The number of hydrogen-bond donors (Lipinski definition) is 0. The van der Waals surface area contributed by atoms with Crippen LogP contribution in [0, 0.1) is 6.92 Å². The highest BCUT2D eigenvalue weighted by atomic mass is 16.5. The van der Waals surface area contributed by atoms with Gasteiger partial charge in [0.2, 0.25) is 0 Å². The number of methoxy groups -OCH3 is 2. The fraction of sp³-hybridized carbons (Fsp3) is 0.400. The van der Waals surface area contributed by atoms with Gasteiger partial charge in [0, 0.05) is 20.2 Å². The minimum atomic E-state index is -0.157. The van der Waals surface area contributed by atoms with Crippen LogP contribution in [0.25, 0.3) is 16.8 Å². The molecule has 1 fully saturated rings. The molecular weight excluding hydrogens is 374 g/mol. The van der Waals surface area contributed by atoms with E-state index in [1.165, 1.54) is 0 Å². The Bertz CT molecular complexity index is 1030. The van der Waals surface area contributed by atoms with Gasteiger partial charge in [0.05, 0.1) is 43.9 Å². The molecule has 9 heteroatoms. The first kappa shape index (κ1) is 19.3. The van der Waals surface area contributed by atoms with E-state index in [4.69, 9.17) is 14.2 Å². The van der Waals surface area contributed by atoms with Crippen molar-refractivity contribution in [3.8, 4) is 16.9 Å². The van der Waals surface area contributed by atoms with E-state index < -0.39 is 0 Å². The largest absolute Gasteiger partial charge is 0.497 e. The monoisotopic (exact) mass is 397 g/mol. The van der Waals surface area contributed by atoms with Gasteiger partial charge in [-0.1, -0.05) is 12.1 Å². The lowest BCUT2D eigenvalue weighted by molar-refractivity contribution is 0.0297. The Balaban J connectivity index is 1.80. The molecule has 0 aliphatic carbocycles. The molecule has 1 saturated heterocycles. The second-order valence-corrected chi connectivity index (χ2v) is 6.76. The van der Waals surface area contributed by atoms with Gasteiger partial charge in [0.25, 0.3) is 5.91 Å². The van der Waals surface area contributed by atoms with Crippen molar-refractivity contribution in [2.24, 2.45) is 0 Å². The average Bonchev–Trinajstić information content (AvgIpc) is 3.13. The van der Waals surface area contributed by atoms with Gasteiger partial charge in [0.15, 0.2) is 11.3 Å². The molecule has 1 amide bonds. The highest BCUT2D eigenvalue weighted by molar-refractivity contribution is 5.93. The van der Waals surface area contributed by atoms with Crippen molar-refractivity contribution >= 4 is 11.6 Å². The van der Waals surface area contributed by atoms with Crippen LogP contribution in [-0.4, -0.2) is 71.1 Å². The first-order valence-electron chi connectivity index (χ1n) is 9.39. The predicted octanol–water partition coefficient (Wildman–Crippen LogP) is 1.73. The van der Waals surface area contributed by atoms with Gasteiger partial charge in [0.1, 0.15) is 5.75 Å². The molecule has 0 N–H and O–H groups in total. The zero-order valence-corrected chi connectivity index (χ0v) is 16.7. The quantitative estimate of drug-likeness (QED) is 0.647. The van der Waals surface area contributed by atoms with E-state index in [0.717, 1.165) is 22.6 Å². The number of morpholine rings is 1. The first-order valence-corrected chi connectivity index (χ1v) is 9.39. The van der Waals surface area contributed by atoms with Crippen LogP contribution in [0.2, 0.25) is 0 Å². The Labute approximate surface area is 168 Å². The molecule has 9 nitrogen and oxygen atoms in total. The van der Waals surface area contributed by atoms with Crippen LogP contribution in [-0.2, 0) is 16.1 Å². The van der Waals surface area contributed by atoms with E-state index in [9.17, 15) is 4.79 Å². The predicted molar refractivity (Wildman–Crippen MR) is 105 cm³/mol. The van der Waals surface area contributed by atoms with Crippen LogP contribution in [0.4, 0.5) is 0 Å². The van der Waals surface area contributed by atoms with Gasteiger partial charge in [-0.3, -0.25) is 4.79 Å². The smallest absolute Gasteiger partial charge is 0.276 e. The van der Waals surface area contributed by atoms with E-state index in [-0.39, 0.29) is 5.91 Å². The zero-order chi connectivity index (χ0) is 20.4. The molecule has 1 aromatic carbocycles. The van der Waals surface area contributed by atoms with Gasteiger partial charge in [-0.15, -0.1) is 10.2 Å². The number of nitrogens with zero attached hydrogens (tertiary/aromatic N) is 5. The fourth-order valence-corrected chi connectivity index (χ4v) is 3.45. The number of aromatic nitrogens is 4.